The highest BCUT2D eigenvalue weighted by Crippen LogP contribution is 2.29. The van der Waals surface area contributed by atoms with Crippen LogP contribution in [0.4, 0.5) is 0 Å². The Hall–Kier alpha value is -0.420. The zero-order chi connectivity index (χ0) is 13.8. The fourth-order valence-electron chi connectivity index (χ4n) is 2.03. The van der Waals surface area contributed by atoms with E-state index in [1.807, 2.05) is 19.1 Å². The maximum atomic E-state index is 6.00. The van der Waals surface area contributed by atoms with Crippen LogP contribution < -0.4 is 5.32 Å². The minimum Gasteiger partial charge on any atom is -0.310 e. The van der Waals surface area contributed by atoms with Gasteiger partial charge in [0.1, 0.15) is 0 Å². The van der Waals surface area contributed by atoms with Crippen LogP contribution in [0.25, 0.3) is 0 Å². The van der Waals surface area contributed by atoms with E-state index >= 15 is 0 Å². The summed E-state index contributed by atoms with van der Waals surface area (Å²) in [4.78, 5) is 4.54. The number of aryl methyl sites for hydroxylation is 1. The molecule has 1 aromatic carbocycles. The number of nitrogens with zero attached hydrogens (tertiary/aromatic N) is 1. The highest BCUT2D eigenvalue weighted by Gasteiger charge is 2.15. The molecule has 2 rings (SSSR count). The fraction of sp³-hybridized carbons (Fsp3) is 0.357. The van der Waals surface area contributed by atoms with Crippen LogP contribution in [0, 0.1) is 6.92 Å². The molecular weight excluding hydrogens is 344 g/mol. The van der Waals surface area contributed by atoms with Crippen molar-refractivity contribution < 1.29 is 0 Å². The van der Waals surface area contributed by atoms with Crippen LogP contribution in [-0.4, -0.2) is 11.5 Å². The summed E-state index contributed by atoms with van der Waals surface area (Å²) < 4.78 is 1.04. The summed E-state index contributed by atoms with van der Waals surface area (Å²) in [5.74, 6) is 0. The van der Waals surface area contributed by atoms with Gasteiger partial charge in [-0.25, -0.2) is 4.98 Å². The second kappa shape index (κ2) is 6.84. The van der Waals surface area contributed by atoms with Crippen molar-refractivity contribution in [3.05, 3.63) is 49.3 Å². The highest BCUT2D eigenvalue weighted by molar-refractivity contribution is 9.10. The molecule has 0 radical (unpaired) electrons. The van der Waals surface area contributed by atoms with Crippen LogP contribution in [0.2, 0.25) is 5.02 Å². The average Bonchev–Trinajstić information content (AvgIpc) is 2.74. The molecule has 0 spiro atoms. The van der Waals surface area contributed by atoms with Gasteiger partial charge in [0.25, 0.3) is 0 Å². The van der Waals surface area contributed by atoms with Crippen molar-refractivity contribution in [3.8, 4) is 0 Å². The third-order valence-corrected chi connectivity index (χ3v) is 4.61. The topological polar surface area (TPSA) is 24.9 Å². The van der Waals surface area contributed by atoms with Gasteiger partial charge >= 0.3 is 0 Å². The minimum atomic E-state index is 0.248. The van der Waals surface area contributed by atoms with Gasteiger partial charge in [0.2, 0.25) is 0 Å². The lowest BCUT2D eigenvalue weighted by atomic mass is 10.0. The zero-order valence-corrected chi connectivity index (χ0v) is 14.1. The molecule has 0 aliphatic heterocycles. The summed E-state index contributed by atoms with van der Waals surface area (Å²) in [6, 6.07) is 6.18. The number of halogens is 2. The molecule has 0 fully saturated rings. The average molecular weight is 360 g/mol. The van der Waals surface area contributed by atoms with E-state index in [1.165, 1.54) is 5.56 Å². The van der Waals surface area contributed by atoms with Crippen molar-refractivity contribution in [2.45, 2.75) is 26.3 Å². The summed E-state index contributed by atoms with van der Waals surface area (Å²) in [7, 11) is 0. The summed E-state index contributed by atoms with van der Waals surface area (Å²) in [6.45, 7) is 5.07. The van der Waals surface area contributed by atoms with Gasteiger partial charge < -0.3 is 5.32 Å². The van der Waals surface area contributed by atoms with E-state index in [2.05, 4.69) is 44.6 Å². The smallest absolute Gasteiger partial charge is 0.0897 e. The Kier molecular flexibility index (Phi) is 5.39. The molecule has 1 unspecified atom stereocenters. The largest absolute Gasteiger partial charge is 0.310 e. The molecule has 0 aliphatic rings. The third-order valence-electron chi connectivity index (χ3n) is 2.87. The van der Waals surface area contributed by atoms with Gasteiger partial charge in [0.05, 0.1) is 10.7 Å². The first-order valence-corrected chi connectivity index (χ1v) is 8.24. The predicted molar refractivity (Wildman–Crippen MR) is 86.1 cm³/mol. The van der Waals surface area contributed by atoms with Crippen molar-refractivity contribution in [3.63, 3.8) is 0 Å². The van der Waals surface area contributed by atoms with Gasteiger partial charge in [0, 0.05) is 27.3 Å². The third kappa shape index (κ3) is 4.02. The molecule has 102 valence electrons. The van der Waals surface area contributed by atoms with Gasteiger partial charge in [-0.1, -0.05) is 40.5 Å². The Morgan fingerprint density at radius 3 is 2.84 bits per heavy atom. The molecule has 5 heteroatoms. The molecular formula is C14H16BrClN2S. The summed E-state index contributed by atoms with van der Waals surface area (Å²) >= 11 is 11.3. The quantitative estimate of drug-likeness (QED) is 0.832. The van der Waals surface area contributed by atoms with Gasteiger partial charge in [-0.2, -0.15) is 0 Å². The molecule has 1 heterocycles. The number of aromatic nitrogens is 1. The number of benzene rings is 1. The Morgan fingerprint density at radius 1 is 1.47 bits per heavy atom. The molecule has 1 atom stereocenters. The summed E-state index contributed by atoms with van der Waals surface area (Å²) in [5, 5.41) is 7.49. The van der Waals surface area contributed by atoms with E-state index < -0.39 is 0 Å². The fourth-order valence-corrected chi connectivity index (χ4v) is 3.62. The Morgan fingerprint density at radius 2 is 2.26 bits per heavy atom. The first-order valence-electron chi connectivity index (χ1n) is 6.19. The van der Waals surface area contributed by atoms with Crippen molar-refractivity contribution >= 4 is 38.9 Å². The SMILES string of the molecule is CCNC(Cc1csc(C)n1)c1ccc(Cl)cc1Br. The Labute approximate surface area is 131 Å². The molecule has 1 N–H and O–H groups in total. The normalized spacial score (nSPS) is 12.6. The molecule has 0 aliphatic carbocycles. The van der Waals surface area contributed by atoms with Crippen molar-refractivity contribution in [1.82, 2.24) is 10.3 Å². The van der Waals surface area contributed by atoms with Gasteiger partial charge in [-0.3, -0.25) is 0 Å². The number of rotatable bonds is 5. The molecule has 19 heavy (non-hydrogen) atoms. The lowest BCUT2D eigenvalue weighted by molar-refractivity contribution is 0.543. The van der Waals surface area contributed by atoms with Crippen LogP contribution in [0.5, 0.6) is 0 Å². The lowest BCUT2D eigenvalue weighted by Crippen LogP contribution is -2.23. The number of likely N-dealkylation sites (N-methyl/N-ethyl adjacent to an activating group) is 1. The standard InChI is InChI=1S/C14H16BrClN2S/c1-3-17-14(7-11-8-19-9(2)18-11)12-5-4-10(16)6-13(12)15/h4-6,8,14,17H,3,7H2,1-2H3. The first-order chi connectivity index (χ1) is 9.10. The number of thiazole rings is 1. The van der Waals surface area contributed by atoms with Crippen molar-refractivity contribution in [2.75, 3.05) is 6.54 Å². The van der Waals surface area contributed by atoms with E-state index in [0.29, 0.717) is 0 Å². The van der Waals surface area contributed by atoms with Crippen LogP contribution in [0.3, 0.4) is 0 Å². The van der Waals surface area contributed by atoms with Gasteiger partial charge in [-0.15, -0.1) is 11.3 Å². The monoisotopic (exact) mass is 358 g/mol. The predicted octanol–water partition coefficient (Wildman–Crippen LogP) is 4.76. The molecule has 0 amide bonds. The second-order valence-corrected chi connectivity index (χ2v) is 6.69. The van der Waals surface area contributed by atoms with E-state index in [9.17, 15) is 0 Å². The molecule has 0 bridgehead atoms. The van der Waals surface area contributed by atoms with Crippen LogP contribution in [0.1, 0.15) is 29.2 Å². The highest BCUT2D eigenvalue weighted by atomic mass is 79.9. The lowest BCUT2D eigenvalue weighted by Gasteiger charge is -2.19. The van der Waals surface area contributed by atoms with E-state index in [1.54, 1.807) is 11.3 Å². The summed E-state index contributed by atoms with van der Waals surface area (Å²) in [5.41, 5.74) is 2.35. The molecule has 2 aromatic rings. The van der Waals surface area contributed by atoms with Gasteiger partial charge in [-0.05, 0) is 31.2 Å². The van der Waals surface area contributed by atoms with Crippen LogP contribution in [-0.2, 0) is 6.42 Å². The molecule has 0 saturated heterocycles. The van der Waals surface area contributed by atoms with Crippen LogP contribution in [0.15, 0.2) is 28.1 Å². The molecule has 1 aromatic heterocycles. The second-order valence-electron chi connectivity index (χ2n) is 4.34. The summed E-state index contributed by atoms with van der Waals surface area (Å²) in [6.07, 6.45) is 0.887. The van der Waals surface area contributed by atoms with Crippen molar-refractivity contribution in [2.24, 2.45) is 0 Å². The van der Waals surface area contributed by atoms with Crippen LogP contribution >= 0.6 is 38.9 Å². The molecule has 0 saturated carbocycles. The molecule has 2 nitrogen and oxygen atoms in total. The first kappa shape index (κ1) is 15.0. The van der Waals surface area contributed by atoms with Gasteiger partial charge in [0.15, 0.2) is 0 Å². The Balaban J connectivity index is 2.23. The van der Waals surface area contributed by atoms with E-state index in [-0.39, 0.29) is 6.04 Å². The number of hydrogen-bond donors (Lipinski definition) is 1. The van der Waals surface area contributed by atoms with E-state index in [4.69, 9.17) is 11.6 Å². The van der Waals surface area contributed by atoms with Crippen molar-refractivity contribution in [1.29, 1.82) is 0 Å². The van der Waals surface area contributed by atoms with E-state index in [0.717, 1.165) is 33.2 Å². The zero-order valence-electron chi connectivity index (χ0n) is 10.9. The minimum absolute atomic E-state index is 0.248. The number of hydrogen-bond acceptors (Lipinski definition) is 3. The number of nitrogens with one attached hydrogen (secondary N) is 1. The Bertz CT molecular complexity index is 556. The maximum absolute atomic E-state index is 6.00. The maximum Gasteiger partial charge on any atom is 0.0897 e.